The molecule has 4 heteroatoms. The van der Waals surface area contributed by atoms with Crippen molar-refractivity contribution in [3.05, 3.63) is 17.5 Å². The maximum absolute atomic E-state index is 5.63. The lowest BCUT2D eigenvalue weighted by Crippen LogP contribution is -1.99. The molecule has 0 aromatic carbocycles. The first kappa shape index (κ1) is 10.3. The van der Waals surface area contributed by atoms with E-state index in [4.69, 9.17) is 16.3 Å². The van der Waals surface area contributed by atoms with Gasteiger partial charge in [0.25, 0.3) is 0 Å². The number of ether oxygens (including phenoxy) is 1. The zero-order valence-corrected chi connectivity index (χ0v) is 8.42. The monoisotopic (exact) mass is 200 g/mol. The Labute approximate surface area is 83.1 Å². The maximum Gasteiger partial charge on any atom is 0.233 e. The van der Waals surface area contributed by atoms with Crippen LogP contribution in [-0.2, 0) is 0 Å². The van der Waals surface area contributed by atoms with Crippen LogP contribution in [0.3, 0.4) is 0 Å². The van der Waals surface area contributed by atoms with Gasteiger partial charge >= 0.3 is 0 Å². The van der Waals surface area contributed by atoms with E-state index in [0.717, 1.165) is 6.42 Å². The Bertz CT molecular complexity index is 255. The van der Waals surface area contributed by atoms with E-state index in [1.807, 2.05) is 0 Å². The van der Waals surface area contributed by atoms with E-state index < -0.39 is 0 Å². The molecule has 0 atom stereocenters. The van der Waals surface area contributed by atoms with Crippen molar-refractivity contribution in [1.29, 1.82) is 0 Å². The van der Waals surface area contributed by atoms with Gasteiger partial charge in [0.2, 0.25) is 5.88 Å². The van der Waals surface area contributed by atoms with Crippen LogP contribution in [0.4, 0.5) is 0 Å². The summed E-state index contributed by atoms with van der Waals surface area (Å²) in [5.74, 6) is 0.503. The fraction of sp³-hybridized carbons (Fsp3) is 0.556. The quantitative estimate of drug-likeness (QED) is 0.686. The fourth-order valence-corrected chi connectivity index (χ4v) is 1.06. The highest BCUT2D eigenvalue weighted by molar-refractivity contribution is 6.29. The summed E-state index contributed by atoms with van der Waals surface area (Å²) in [4.78, 5) is 7.82. The SMILES string of the molecule is CCCCCOc1cncc(Cl)n1. The number of rotatable bonds is 5. The van der Waals surface area contributed by atoms with Crippen molar-refractivity contribution in [2.24, 2.45) is 0 Å². The van der Waals surface area contributed by atoms with Crippen LogP contribution in [0.1, 0.15) is 26.2 Å². The molecule has 0 aliphatic heterocycles. The van der Waals surface area contributed by atoms with Crippen molar-refractivity contribution < 1.29 is 4.74 Å². The molecule has 1 rings (SSSR count). The van der Waals surface area contributed by atoms with Crippen LogP contribution in [-0.4, -0.2) is 16.6 Å². The summed E-state index contributed by atoms with van der Waals surface area (Å²) in [6.07, 6.45) is 6.46. The van der Waals surface area contributed by atoms with E-state index in [2.05, 4.69) is 16.9 Å². The van der Waals surface area contributed by atoms with E-state index in [0.29, 0.717) is 17.6 Å². The van der Waals surface area contributed by atoms with Gasteiger partial charge in [-0.1, -0.05) is 31.4 Å². The highest BCUT2D eigenvalue weighted by atomic mass is 35.5. The van der Waals surface area contributed by atoms with Crippen LogP contribution in [0.5, 0.6) is 5.88 Å². The topological polar surface area (TPSA) is 35.0 Å². The minimum absolute atomic E-state index is 0.369. The number of halogens is 1. The minimum Gasteiger partial charge on any atom is -0.477 e. The highest BCUT2D eigenvalue weighted by Crippen LogP contribution is 2.09. The molecule has 0 spiro atoms. The third-order valence-corrected chi connectivity index (χ3v) is 1.76. The van der Waals surface area contributed by atoms with Gasteiger partial charge in [0.15, 0.2) is 5.15 Å². The van der Waals surface area contributed by atoms with Crippen LogP contribution in [0.2, 0.25) is 5.15 Å². The summed E-state index contributed by atoms with van der Waals surface area (Å²) in [5, 5.41) is 0.369. The zero-order chi connectivity index (χ0) is 9.52. The van der Waals surface area contributed by atoms with Crippen molar-refractivity contribution >= 4 is 11.6 Å². The molecule has 0 unspecified atom stereocenters. The van der Waals surface area contributed by atoms with Crippen LogP contribution in [0.25, 0.3) is 0 Å². The second-order valence-electron chi connectivity index (χ2n) is 2.74. The lowest BCUT2D eigenvalue weighted by molar-refractivity contribution is 0.293. The molecule has 1 aromatic rings. The van der Waals surface area contributed by atoms with E-state index >= 15 is 0 Å². The fourth-order valence-electron chi connectivity index (χ4n) is 0.924. The first-order chi connectivity index (χ1) is 6.33. The van der Waals surface area contributed by atoms with Gasteiger partial charge in [0.1, 0.15) is 0 Å². The van der Waals surface area contributed by atoms with E-state index in [-0.39, 0.29) is 0 Å². The molecule has 0 aliphatic carbocycles. The number of aromatic nitrogens is 2. The van der Waals surface area contributed by atoms with Crippen molar-refractivity contribution in [2.45, 2.75) is 26.2 Å². The largest absolute Gasteiger partial charge is 0.477 e. The third-order valence-electron chi connectivity index (χ3n) is 1.58. The molecule has 0 radical (unpaired) electrons. The molecule has 0 aliphatic rings. The number of nitrogens with zero attached hydrogens (tertiary/aromatic N) is 2. The summed E-state index contributed by atoms with van der Waals surface area (Å²) < 4.78 is 5.33. The standard InChI is InChI=1S/C9H13ClN2O/c1-2-3-4-5-13-9-7-11-6-8(10)12-9/h6-7H,2-5H2,1H3. The molecule has 0 saturated carbocycles. The normalized spacial score (nSPS) is 10.0. The first-order valence-electron chi connectivity index (χ1n) is 4.43. The van der Waals surface area contributed by atoms with Gasteiger partial charge in [-0.25, -0.2) is 0 Å². The summed E-state index contributed by atoms with van der Waals surface area (Å²) >= 11 is 5.63. The van der Waals surface area contributed by atoms with Crippen molar-refractivity contribution in [1.82, 2.24) is 9.97 Å². The number of unbranched alkanes of at least 4 members (excludes halogenated alkanes) is 2. The predicted octanol–water partition coefficient (Wildman–Crippen LogP) is 2.70. The lowest BCUT2D eigenvalue weighted by Gasteiger charge is -2.03. The second kappa shape index (κ2) is 5.75. The smallest absolute Gasteiger partial charge is 0.233 e. The molecule has 3 nitrogen and oxygen atoms in total. The van der Waals surface area contributed by atoms with Gasteiger partial charge in [0.05, 0.1) is 19.0 Å². The van der Waals surface area contributed by atoms with Gasteiger partial charge in [-0.2, -0.15) is 4.98 Å². The molecule has 1 aromatic heterocycles. The molecular formula is C9H13ClN2O. The maximum atomic E-state index is 5.63. The van der Waals surface area contributed by atoms with Crippen molar-refractivity contribution in [3.63, 3.8) is 0 Å². The van der Waals surface area contributed by atoms with Crippen LogP contribution in [0, 0.1) is 0 Å². The van der Waals surface area contributed by atoms with Crippen LogP contribution in [0.15, 0.2) is 12.4 Å². The van der Waals surface area contributed by atoms with E-state index in [1.54, 1.807) is 6.20 Å². The van der Waals surface area contributed by atoms with Gasteiger partial charge < -0.3 is 4.74 Å². The van der Waals surface area contributed by atoms with Gasteiger partial charge in [0, 0.05) is 0 Å². The van der Waals surface area contributed by atoms with E-state index in [9.17, 15) is 0 Å². The molecule has 0 fully saturated rings. The summed E-state index contributed by atoms with van der Waals surface area (Å²) in [5.41, 5.74) is 0. The van der Waals surface area contributed by atoms with E-state index in [1.165, 1.54) is 19.0 Å². The highest BCUT2D eigenvalue weighted by Gasteiger charge is 1.96. The minimum atomic E-state index is 0.369. The van der Waals surface area contributed by atoms with Gasteiger partial charge in [-0.05, 0) is 6.42 Å². The van der Waals surface area contributed by atoms with Crippen LogP contribution >= 0.6 is 11.6 Å². The Balaban J connectivity index is 2.28. The Kier molecular flexibility index (Phi) is 4.54. The Morgan fingerprint density at radius 2 is 2.23 bits per heavy atom. The Morgan fingerprint density at radius 3 is 2.92 bits per heavy atom. The number of hydrogen-bond donors (Lipinski definition) is 0. The van der Waals surface area contributed by atoms with Crippen LogP contribution < -0.4 is 4.74 Å². The molecule has 0 bridgehead atoms. The van der Waals surface area contributed by atoms with Gasteiger partial charge in [-0.3, -0.25) is 4.98 Å². The molecule has 0 saturated heterocycles. The third kappa shape index (κ3) is 4.08. The van der Waals surface area contributed by atoms with Crippen molar-refractivity contribution in [3.8, 4) is 5.88 Å². The second-order valence-corrected chi connectivity index (χ2v) is 3.12. The zero-order valence-electron chi connectivity index (χ0n) is 7.66. The predicted molar refractivity (Wildman–Crippen MR) is 52.1 cm³/mol. The number of hydrogen-bond acceptors (Lipinski definition) is 3. The Hall–Kier alpha value is -0.830. The summed E-state index contributed by atoms with van der Waals surface area (Å²) in [6.45, 7) is 2.84. The molecular weight excluding hydrogens is 188 g/mol. The first-order valence-corrected chi connectivity index (χ1v) is 4.81. The molecule has 0 N–H and O–H groups in total. The lowest BCUT2D eigenvalue weighted by atomic mass is 10.3. The molecule has 1 heterocycles. The molecule has 13 heavy (non-hydrogen) atoms. The van der Waals surface area contributed by atoms with Gasteiger partial charge in [-0.15, -0.1) is 0 Å². The molecule has 0 amide bonds. The molecule has 72 valence electrons. The summed E-state index contributed by atoms with van der Waals surface area (Å²) in [7, 11) is 0. The summed E-state index contributed by atoms with van der Waals surface area (Å²) in [6, 6.07) is 0. The van der Waals surface area contributed by atoms with Crippen molar-refractivity contribution in [2.75, 3.05) is 6.61 Å². The average Bonchev–Trinajstić information content (AvgIpc) is 2.13. The average molecular weight is 201 g/mol. The Morgan fingerprint density at radius 1 is 1.38 bits per heavy atom.